The summed E-state index contributed by atoms with van der Waals surface area (Å²) in [5.41, 5.74) is 0.765. The first-order valence-electron chi connectivity index (χ1n) is 4.32. The van der Waals surface area contributed by atoms with E-state index < -0.39 is 12.3 Å². The molecule has 0 heterocycles. The van der Waals surface area contributed by atoms with Gasteiger partial charge in [0.05, 0.1) is 0 Å². The smallest absolute Gasteiger partial charge is 0.210 e. The second-order valence-electron chi connectivity index (χ2n) is 3.07. The summed E-state index contributed by atoms with van der Waals surface area (Å²) in [6, 6.07) is 7.14. The maximum absolute atomic E-state index is 12.1. The van der Waals surface area contributed by atoms with Crippen molar-refractivity contribution < 1.29 is 8.78 Å². The fourth-order valence-corrected chi connectivity index (χ4v) is 1.15. The predicted molar refractivity (Wildman–Crippen MR) is 55.7 cm³/mol. The normalized spacial score (nSPS) is 13.8. The molecule has 0 aliphatic carbocycles. The minimum absolute atomic E-state index is 0.574. The Labute approximate surface area is 87.2 Å². The molecule has 0 nitrogen and oxygen atoms in total. The van der Waals surface area contributed by atoms with E-state index in [2.05, 4.69) is 0 Å². The van der Waals surface area contributed by atoms with Crippen LogP contribution in [0, 0.1) is 5.92 Å². The summed E-state index contributed by atoms with van der Waals surface area (Å²) in [7, 11) is 0. The van der Waals surface area contributed by atoms with Gasteiger partial charge >= 0.3 is 0 Å². The van der Waals surface area contributed by atoms with E-state index >= 15 is 0 Å². The molecular weight excluding hydrogens is 206 g/mol. The Morgan fingerprint density at radius 3 is 2.50 bits per heavy atom. The summed E-state index contributed by atoms with van der Waals surface area (Å²) in [6.07, 6.45) is 0.763. The van der Waals surface area contributed by atoms with E-state index in [1.165, 1.54) is 13.0 Å². The van der Waals surface area contributed by atoms with E-state index in [-0.39, 0.29) is 0 Å². The highest BCUT2D eigenvalue weighted by atomic mass is 35.5. The zero-order valence-electron chi connectivity index (χ0n) is 7.75. The van der Waals surface area contributed by atoms with Gasteiger partial charge in [0.25, 0.3) is 0 Å². The van der Waals surface area contributed by atoms with Crippen molar-refractivity contribution in [3.63, 3.8) is 0 Å². The number of benzene rings is 1. The monoisotopic (exact) mass is 216 g/mol. The lowest BCUT2D eigenvalue weighted by Gasteiger charge is -2.03. The highest BCUT2D eigenvalue weighted by molar-refractivity contribution is 6.32. The van der Waals surface area contributed by atoms with E-state index in [4.69, 9.17) is 11.6 Å². The van der Waals surface area contributed by atoms with Crippen molar-refractivity contribution in [1.82, 2.24) is 0 Å². The molecule has 1 unspecified atom stereocenters. The van der Waals surface area contributed by atoms with Crippen LogP contribution in [0.2, 0.25) is 5.02 Å². The van der Waals surface area contributed by atoms with E-state index in [0.29, 0.717) is 5.02 Å². The highest BCUT2D eigenvalue weighted by Crippen LogP contribution is 2.18. The third-order valence-electron chi connectivity index (χ3n) is 1.88. The molecule has 0 bridgehead atoms. The summed E-state index contributed by atoms with van der Waals surface area (Å²) in [6.45, 7) is 1.47. The summed E-state index contributed by atoms with van der Waals surface area (Å²) >= 11 is 5.85. The number of rotatable bonds is 3. The molecule has 0 saturated carbocycles. The third kappa shape index (κ3) is 3.11. The average molecular weight is 217 g/mol. The summed E-state index contributed by atoms with van der Waals surface area (Å²) < 4.78 is 24.3. The van der Waals surface area contributed by atoms with Crippen LogP contribution in [0.3, 0.4) is 0 Å². The van der Waals surface area contributed by atoms with Gasteiger partial charge in [-0.1, -0.05) is 48.9 Å². The van der Waals surface area contributed by atoms with E-state index in [0.717, 1.165) is 5.56 Å². The maximum atomic E-state index is 12.1. The van der Waals surface area contributed by atoms with Gasteiger partial charge in [-0.05, 0) is 11.6 Å². The number of allylic oxidation sites excluding steroid dienone is 1. The lowest BCUT2D eigenvalue weighted by atomic mass is 10.1. The Hall–Kier alpha value is -0.890. The largest absolute Gasteiger partial charge is 0.244 e. The van der Waals surface area contributed by atoms with Crippen molar-refractivity contribution in [2.24, 2.45) is 5.92 Å². The molecule has 1 atom stereocenters. The van der Waals surface area contributed by atoms with Gasteiger partial charge < -0.3 is 0 Å². The van der Waals surface area contributed by atoms with E-state index in [1.807, 2.05) is 6.07 Å². The topological polar surface area (TPSA) is 0 Å². The van der Waals surface area contributed by atoms with Crippen LogP contribution < -0.4 is 0 Å². The molecule has 0 aromatic heterocycles. The van der Waals surface area contributed by atoms with Crippen molar-refractivity contribution in [3.05, 3.63) is 40.9 Å². The van der Waals surface area contributed by atoms with Gasteiger partial charge in [-0.2, -0.15) is 0 Å². The van der Waals surface area contributed by atoms with Gasteiger partial charge in [-0.15, -0.1) is 0 Å². The van der Waals surface area contributed by atoms with Crippen LogP contribution in [0.1, 0.15) is 12.5 Å². The van der Waals surface area contributed by atoms with Crippen molar-refractivity contribution >= 4 is 17.7 Å². The van der Waals surface area contributed by atoms with Crippen LogP contribution in [0.15, 0.2) is 30.3 Å². The average Bonchev–Trinajstić information content (AvgIpc) is 2.16. The molecule has 76 valence electrons. The summed E-state index contributed by atoms with van der Waals surface area (Å²) in [5, 5.41) is 0.574. The van der Waals surface area contributed by atoms with Gasteiger partial charge in [-0.25, -0.2) is 8.78 Å². The van der Waals surface area contributed by atoms with Crippen LogP contribution in [-0.4, -0.2) is 6.43 Å². The Morgan fingerprint density at radius 2 is 1.93 bits per heavy atom. The van der Waals surface area contributed by atoms with Crippen LogP contribution in [0.25, 0.3) is 6.08 Å². The number of hydrogen-bond donors (Lipinski definition) is 0. The lowest BCUT2D eigenvalue weighted by Crippen LogP contribution is -2.01. The van der Waals surface area contributed by atoms with Gasteiger partial charge in [0.15, 0.2) is 0 Å². The minimum Gasteiger partial charge on any atom is -0.210 e. The van der Waals surface area contributed by atoms with Gasteiger partial charge in [0, 0.05) is 10.9 Å². The van der Waals surface area contributed by atoms with Gasteiger partial charge in [0.2, 0.25) is 6.43 Å². The fourth-order valence-electron chi connectivity index (χ4n) is 0.950. The Balaban J connectivity index is 2.74. The zero-order valence-corrected chi connectivity index (χ0v) is 8.51. The lowest BCUT2D eigenvalue weighted by molar-refractivity contribution is 0.109. The molecular formula is C11H11ClF2. The van der Waals surface area contributed by atoms with Crippen LogP contribution in [0.4, 0.5) is 8.78 Å². The van der Waals surface area contributed by atoms with Crippen molar-refractivity contribution in [2.45, 2.75) is 13.3 Å². The standard InChI is InChI=1S/C11H11ClF2/c1-8(11(13)14)6-7-9-4-2-3-5-10(9)12/h2-8,11H,1H3/b7-6+. The van der Waals surface area contributed by atoms with E-state index in [1.54, 1.807) is 24.3 Å². The van der Waals surface area contributed by atoms with Crippen LogP contribution in [-0.2, 0) is 0 Å². The predicted octanol–water partition coefficient (Wildman–Crippen LogP) is 4.25. The Bertz CT molecular complexity index is 321. The first kappa shape index (κ1) is 11.2. The fraction of sp³-hybridized carbons (Fsp3) is 0.273. The second kappa shape index (κ2) is 5.11. The van der Waals surface area contributed by atoms with Crippen molar-refractivity contribution in [3.8, 4) is 0 Å². The molecule has 0 fully saturated rings. The SMILES string of the molecule is CC(/C=C/c1ccccc1Cl)C(F)F. The molecule has 0 radical (unpaired) electrons. The summed E-state index contributed by atoms with van der Waals surface area (Å²) in [4.78, 5) is 0. The molecule has 1 aromatic rings. The van der Waals surface area contributed by atoms with Crippen LogP contribution in [0.5, 0.6) is 0 Å². The number of alkyl halides is 2. The molecule has 0 aliphatic heterocycles. The number of halogens is 3. The Morgan fingerprint density at radius 1 is 1.29 bits per heavy atom. The molecule has 0 aliphatic rings. The number of hydrogen-bond acceptors (Lipinski definition) is 0. The van der Waals surface area contributed by atoms with E-state index in [9.17, 15) is 8.78 Å². The van der Waals surface area contributed by atoms with Crippen molar-refractivity contribution in [2.75, 3.05) is 0 Å². The third-order valence-corrected chi connectivity index (χ3v) is 2.23. The van der Waals surface area contributed by atoms with Gasteiger partial charge in [-0.3, -0.25) is 0 Å². The first-order valence-corrected chi connectivity index (χ1v) is 4.70. The van der Waals surface area contributed by atoms with Gasteiger partial charge in [0.1, 0.15) is 0 Å². The quantitative estimate of drug-likeness (QED) is 0.709. The van der Waals surface area contributed by atoms with Crippen molar-refractivity contribution in [1.29, 1.82) is 0 Å². The highest BCUT2D eigenvalue weighted by Gasteiger charge is 2.10. The molecule has 0 amide bonds. The molecule has 14 heavy (non-hydrogen) atoms. The summed E-state index contributed by atoms with van der Waals surface area (Å²) in [5.74, 6) is -0.744. The molecule has 0 spiro atoms. The molecule has 3 heteroatoms. The molecule has 0 N–H and O–H groups in total. The second-order valence-corrected chi connectivity index (χ2v) is 3.48. The molecule has 1 aromatic carbocycles. The molecule has 1 rings (SSSR count). The zero-order chi connectivity index (χ0) is 10.6. The first-order chi connectivity index (χ1) is 6.61. The minimum atomic E-state index is -2.33. The maximum Gasteiger partial charge on any atom is 0.244 e. The molecule has 0 saturated heterocycles. The van der Waals surface area contributed by atoms with Crippen LogP contribution >= 0.6 is 11.6 Å². The Kier molecular flexibility index (Phi) is 4.08.